The summed E-state index contributed by atoms with van der Waals surface area (Å²) in [4.78, 5) is 0. The van der Waals surface area contributed by atoms with E-state index < -0.39 is 5.60 Å². The summed E-state index contributed by atoms with van der Waals surface area (Å²) in [6, 6.07) is 6.58. The van der Waals surface area contributed by atoms with Crippen LogP contribution < -0.4 is 5.73 Å². The zero-order valence-electron chi connectivity index (χ0n) is 8.59. The normalized spacial score (nSPS) is 11.7. The predicted octanol–water partition coefficient (Wildman–Crippen LogP) is 2.08. The monoisotopic (exact) mass is 197 g/mol. The predicted molar refractivity (Wildman–Crippen MR) is 54.3 cm³/mol. The Balaban J connectivity index is 2.58. The number of rotatable bonds is 4. The lowest BCUT2D eigenvalue weighted by atomic mass is 10.1. The second kappa shape index (κ2) is 4.53. The molecule has 1 rings (SSSR count). The molecule has 0 unspecified atom stereocenters. The summed E-state index contributed by atoms with van der Waals surface area (Å²) in [5.74, 6) is -0.236. The average molecular weight is 197 g/mol. The van der Waals surface area contributed by atoms with Crippen LogP contribution in [0, 0.1) is 5.82 Å². The Kier molecular flexibility index (Phi) is 3.61. The molecule has 0 saturated carbocycles. The van der Waals surface area contributed by atoms with Gasteiger partial charge in [0.2, 0.25) is 0 Å². The molecule has 2 N–H and O–H groups in total. The summed E-state index contributed by atoms with van der Waals surface area (Å²) in [5.41, 5.74) is 5.65. The van der Waals surface area contributed by atoms with E-state index in [-0.39, 0.29) is 12.4 Å². The summed E-state index contributed by atoms with van der Waals surface area (Å²) in [6.45, 7) is 4.44. The fourth-order valence-corrected chi connectivity index (χ4v) is 0.947. The topological polar surface area (TPSA) is 35.2 Å². The van der Waals surface area contributed by atoms with Crippen LogP contribution in [0.4, 0.5) is 4.39 Å². The largest absolute Gasteiger partial charge is 0.369 e. The van der Waals surface area contributed by atoms with Crippen molar-refractivity contribution in [2.75, 3.05) is 6.54 Å². The van der Waals surface area contributed by atoms with Crippen molar-refractivity contribution in [2.45, 2.75) is 26.1 Å². The molecule has 1 aromatic rings. The van der Waals surface area contributed by atoms with Gasteiger partial charge in [-0.15, -0.1) is 0 Å². The highest BCUT2D eigenvalue weighted by atomic mass is 19.1. The van der Waals surface area contributed by atoms with Crippen LogP contribution in [0.25, 0.3) is 0 Å². The van der Waals surface area contributed by atoms with E-state index in [0.29, 0.717) is 12.1 Å². The molecule has 0 atom stereocenters. The summed E-state index contributed by atoms with van der Waals surface area (Å²) < 4.78 is 18.6. The van der Waals surface area contributed by atoms with Crippen molar-refractivity contribution in [3.05, 3.63) is 35.6 Å². The first kappa shape index (κ1) is 11.1. The molecular weight excluding hydrogens is 181 g/mol. The molecule has 2 nitrogen and oxygen atoms in total. The zero-order valence-corrected chi connectivity index (χ0v) is 8.59. The lowest BCUT2D eigenvalue weighted by Gasteiger charge is -2.23. The van der Waals surface area contributed by atoms with Gasteiger partial charge in [-0.1, -0.05) is 18.2 Å². The molecular formula is C11H16FNO. The molecule has 0 fully saturated rings. The third-order valence-electron chi connectivity index (χ3n) is 2.07. The maximum Gasteiger partial charge on any atom is 0.128 e. The quantitative estimate of drug-likeness (QED) is 0.802. The first-order valence-electron chi connectivity index (χ1n) is 4.62. The Bertz CT molecular complexity index is 299. The van der Waals surface area contributed by atoms with Crippen LogP contribution in [-0.4, -0.2) is 12.1 Å². The number of hydrogen-bond acceptors (Lipinski definition) is 2. The first-order chi connectivity index (χ1) is 6.55. The van der Waals surface area contributed by atoms with E-state index in [1.165, 1.54) is 6.07 Å². The zero-order chi connectivity index (χ0) is 10.6. The van der Waals surface area contributed by atoms with E-state index >= 15 is 0 Å². The number of benzene rings is 1. The van der Waals surface area contributed by atoms with Gasteiger partial charge in [-0.25, -0.2) is 4.39 Å². The fourth-order valence-electron chi connectivity index (χ4n) is 0.947. The molecule has 78 valence electrons. The van der Waals surface area contributed by atoms with Crippen molar-refractivity contribution in [3.8, 4) is 0 Å². The minimum absolute atomic E-state index is 0.236. The lowest BCUT2D eigenvalue weighted by Crippen LogP contribution is -2.33. The number of hydrogen-bond donors (Lipinski definition) is 1. The molecule has 0 saturated heterocycles. The lowest BCUT2D eigenvalue weighted by molar-refractivity contribution is -0.0232. The van der Waals surface area contributed by atoms with Crippen molar-refractivity contribution in [2.24, 2.45) is 5.73 Å². The van der Waals surface area contributed by atoms with Crippen LogP contribution in [-0.2, 0) is 11.3 Å². The van der Waals surface area contributed by atoms with E-state index in [9.17, 15) is 4.39 Å². The van der Waals surface area contributed by atoms with Gasteiger partial charge in [0.15, 0.2) is 0 Å². The van der Waals surface area contributed by atoms with E-state index in [2.05, 4.69) is 0 Å². The minimum atomic E-state index is -0.401. The molecule has 0 aliphatic heterocycles. The van der Waals surface area contributed by atoms with Gasteiger partial charge in [-0.3, -0.25) is 0 Å². The second-order valence-corrected chi connectivity index (χ2v) is 3.84. The molecule has 1 aromatic carbocycles. The van der Waals surface area contributed by atoms with Gasteiger partial charge in [0.05, 0.1) is 12.2 Å². The highest BCUT2D eigenvalue weighted by Crippen LogP contribution is 2.13. The van der Waals surface area contributed by atoms with Crippen LogP contribution in [0.15, 0.2) is 24.3 Å². The molecule has 0 amide bonds. The highest BCUT2D eigenvalue weighted by molar-refractivity contribution is 5.16. The van der Waals surface area contributed by atoms with Gasteiger partial charge in [0.1, 0.15) is 5.82 Å². The third-order valence-corrected chi connectivity index (χ3v) is 2.07. The van der Waals surface area contributed by atoms with Crippen LogP contribution >= 0.6 is 0 Å². The summed E-state index contributed by atoms with van der Waals surface area (Å²) in [7, 11) is 0. The minimum Gasteiger partial charge on any atom is -0.369 e. The second-order valence-electron chi connectivity index (χ2n) is 3.84. The first-order valence-corrected chi connectivity index (χ1v) is 4.62. The summed E-state index contributed by atoms with van der Waals surface area (Å²) in [5, 5.41) is 0. The number of nitrogens with two attached hydrogens (primary N) is 1. The SMILES string of the molecule is CC(C)(CN)OCc1ccccc1F. The Morgan fingerprint density at radius 3 is 2.57 bits per heavy atom. The van der Waals surface area contributed by atoms with Gasteiger partial charge in [-0.2, -0.15) is 0 Å². The van der Waals surface area contributed by atoms with Gasteiger partial charge in [0.25, 0.3) is 0 Å². The summed E-state index contributed by atoms with van der Waals surface area (Å²) >= 11 is 0. The molecule has 0 spiro atoms. The van der Waals surface area contributed by atoms with Gasteiger partial charge < -0.3 is 10.5 Å². The number of halogens is 1. The van der Waals surface area contributed by atoms with Crippen molar-refractivity contribution < 1.29 is 9.13 Å². The van der Waals surface area contributed by atoms with E-state index in [4.69, 9.17) is 10.5 Å². The van der Waals surface area contributed by atoms with Gasteiger partial charge >= 0.3 is 0 Å². The van der Waals surface area contributed by atoms with Crippen molar-refractivity contribution in [1.29, 1.82) is 0 Å². The Morgan fingerprint density at radius 2 is 2.00 bits per heavy atom. The van der Waals surface area contributed by atoms with E-state index in [0.717, 1.165) is 0 Å². The maximum atomic E-state index is 13.2. The smallest absolute Gasteiger partial charge is 0.128 e. The molecule has 0 heterocycles. The van der Waals surface area contributed by atoms with Crippen molar-refractivity contribution in [3.63, 3.8) is 0 Å². The van der Waals surface area contributed by atoms with Gasteiger partial charge in [0, 0.05) is 12.1 Å². The highest BCUT2D eigenvalue weighted by Gasteiger charge is 2.16. The van der Waals surface area contributed by atoms with Crippen molar-refractivity contribution >= 4 is 0 Å². The Morgan fingerprint density at radius 1 is 1.36 bits per heavy atom. The molecule has 0 bridgehead atoms. The summed E-state index contributed by atoms with van der Waals surface area (Å²) in [6.07, 6.45) is 0. The number of ether oxygens (including phenoxy) is 1. The molecule has 3 heteroatoms. The third kappa shape index (κ3) is 3.09. The van der Waals surface area contributed by atoms with Crippen LogP contribution in [0.2, 0.25) is 0 Å². The molecule has 0 radical (unpaired) electrons. The average Bonchev–Trinajstić information content (AvgIpc) is 2.17. The van der Waals surface area contributed by atoms with Crippen molar-refractivity contribution in [1.82, 2.24) is 0 Å². The van der Waals surface area contributed by atoms with E-state index in [1.807, 2.05) is 13.8 Å². The van der Waals surface area contributed by atoms with Crippen LogP contribution in [0.5, 0.6) is 0 Å². The Labute approximate surface area is 83.9 Å². The molecule has 0 aliphatic rings. The Hall–Kier alpha value is -0.930. The maximum absolute atomic E-state index is 13.2. The van der Waals surface area contributed by atoms with Crippen LogP contribution in [0.3, 0.4) is 0 Å². The van der Waals surface area contributed by atoms with E-state index in [1.54, 1.807) is 18.2 Å². The van der Waals surface area contributed by atoms with Gasteiger partial charge in [-0.05, 0) is 19.9 Å². The molecule has 0 aliphatic carbocycles. The molecule has 14 heavy (non-hydrogen) atoms. The fraction of sp³-hybridized carbons (Fsp3) is 0.455. The standard InChI is InChI=1S/C11H16FNO/c1-11(2,8-13)14-7-9-5-3-4-6-10(9)12/h3-6H,7-8,13H2,1-2H3. The van der Waals surface area contributed by atoms with Crippen LogP contribution in [0.1, 0.15) is 19.4 Å². The molecule has 0 aromatic heterocycles.